The monoisotopic (exact) mass is 256 g/mol. The first-order chi connectivity index (χ1) is 8.07. The topological polar surface area (TPSA) is 29.3 Å². The standard InChI is InChI=1S/C14H28N2S/c1-11-12(2)17-8-7-16(11)14(3,10-15)9-13-5-4-6-13/h11-13H,4-10,15H2,1-3H3. The van der Waals surface area contributed by atoms with E-state index in [1.165, 1.54) is 38.0 Å². The lowest BCUT2D eigenvalue weighted by atomic mass is 9.75. The molecule has 3 unspecified atom stereocenters. The predicted molar refractivity (Wildman–Crippen MR) is 77.5 cm³/mol. The summed E-state index contributed by atoms with van der Waals surface area (Å²) in [6.45, 7) is 9.17. The molecule has 2 nitrogen and oxygen atoms in total. The molecule has 0 bridgehead atoms. The fourth-order valence-electron chi connectivity index (χ4n) is 3.33. The van der Waals surface area contributed by atoms with Crippen molar-refractivity contribution < 1.29 is 0 Å². The molecule has 0 aromatic heterocycles. The van der Waals surface area contributed by atoms with E-state index in [1.54, 1.807) is 0 Å². The Kier molecular flexibility index (Phi) is 4.43. The SMILES string of the molecule is CC1SCCN(C(C)(CN)CC2CCC2)C1C. The van der Waals surface area contributed by atoms with E-state index >= 15 is 0 Å². The highest BCUT2D eigenvalue weighted by atomic mass is 32.2. The molecule has 2 rings (SSSR count). The lowest BCUT2D eigenvalue weighted by molar-refractivity contribution is 0.0386. The third kappa shape index (κ3) is 2.82. The van der Waals surface area contributed by atoms with E-state index in [9.17, 15) is 0 Å². The van der Waals surface area contributed by atoms with Gasteiger partial charge in [-0.2, -0.15) is 11.8 Å². The second-order valence-electron chi connectivity index (χ2n) is 6.21. The van der Waals surface area contributed by atoms with Crippen LogP contribution in [0.2, 0.25) is 0 Å². The Morgan fingerprint density at radius 2 is 2.06 bits per heavy atom. The molecular formula is C14H28N2S. The van der Waals surface area contributed by atoms with E-state index in [0.29, 0.717) is 6.04 Å². The first kappa shape index (κ1) is 13.7. The van der Waals surface area contributed by atoms with Gasteiger partial charge in [0.2, 0.25) is 0 Å². The minimum atomic E-state index is 0.236. The molecule has 0 amide bonds. The summed E-state index contributed by atoms with van der Waals surface area (Å²) >= 11 is 2.11. The minimum absolute atomic E-state index is 0.236. The number of rotatable bonds is 4. The van der Waals surface area contributed by atoms with Crippen molar-refractivity contribution in [2.45, 2.75) is 63.3 Å². The van der Waals surface area contributed by atoms with Gasteiger partial charge >= 0.3 is 0 Å². The van der Waals surface area contributed by atoms with Gasteiger partial charge in [-0.3, -0.25) is 4.90 Å². The summed E-state index contributed by atoms with van der Waals surface area (Å²) in [6, 6.07) is 0.669. The van der Waals surface area contributed by atoms with Gasteiger partial charge in [0.05, 0.1) is 0 Å². The van der Waals surface area contributed by atoms with E-state index in [0.717, 1.165) is 17.7 Å². The van der Waals surface area contributed by atoms with Crippen molar-refractivity contribution >= 4 is 11.8 Å². The van der Waals surface area contributed by atoms with Gasteiger partial charge < -0.3 is 5.73 Å². The molecule has 2 N–H and O–H groups in total. The van der Waals surface area contributed by atoms with Crippen molar-refractivity contribution in [1.29, 1.82) is 0 Å². The molecule has 17 heavy (non-hydrogen) atoms. The van der Waals surface area contributed by atoms with E-state index in [-0.39, 0.29) is 5.54 Å². The fourth-order valence-corrected chi connectivity index (χ4v) is 4.43. The van der Waals surface area contributed by atoms with Gasteiger partial charge in [0, 0.05) is 35.7 Å². The number of hydrogen-bond acceptors (Lipinski definition) is 3. The second-order valence-corrected chi connectivity index (χ2v) is 7.70. The molecule has 1 saturated carbocycles. The second kappa shape index (κ2) is 5.50. The van der Waals surface area contributed by atoms with Crippen LogP contribution in [0.25, 0.3) is 0 Å². The van der Waals surface area contributed by atoms with Gasteiger partial charge in [-0.15, -0.1) is 0 Å². The van der Waals surface area contributed by atoms with Crippen LogP contribution in [0, 0.1) is 5.92 Å². The van der Waals surface area contributed by atoms with Gasteiger partial charge in [0.15, 0.2) is 0 Å². The van der Waals surface area contributed by atoms with Gasteiger partial charge in [-0.05, 0) is 26.2 Å². The molecule has 0 radical (unpaired) electrons. The number of thioether (sulfide) groups is 1. The zero-order valence-corrected chi connectivity index (χ0v) is 12.4. The average molecular weight is 256 g/mol. The summed E-state index contributed by atoms with van der Waals surface area (Å²) in [5.41, 5.74) is 6.36. The van der Waals surface area contributed by atoms with Gasteiger partial charge in [-0.1, -0.05) is 26.2 Å². The smallest absolute Gasteiger partial charge is 0.0309 e. The van der Waals surface area contributed by atoms with Crippen LogP contribution in [-0.2, 0) is 0 Å². The van der Waals surface area contributed by atoms with Gasteiger partial charge in [0.25, 0.3) is 0 Å². The van der Waals surface area contributed by atoms with Crippen LogP contribution in [0.1, 0.15) is 46.5 Å². The molecule has 0 aromatic carbocycles. The van der Waals surface area contributed by atoms with Crippen LogP contribution in [-0.4, -0.2) is 40.6 Å². The zero-order chi connectivity index (χ0) is 12.5. The summed E-state index contributed by atoms with van der Waals surface area (Å²) in [5.74, 6) is 2.21. The van der Waals surface area contributed by atoms with Crippen LogP contribution in [0.4, 0.5) is 0 Å². The maximum Gasteiger partial charge on any atom is 0.0309 e. The quantitative estimate of drug-likeness (QED) is 0.838. The molecule has 100 valence electrons. The Morgan fingerprint density at radius 1 is 1.35 bits per heavy atom. The van der Waals surface area contributed by atoms with Crippen molar-refractivity contribution in [2.75, 3.05) is 18.8 Å². The molecule has 1 aliphatic carbocycles. The number of nitrogens with zero attached hydrogens (tertiary/aromatic N) is 1. The highest BCUT2D eigenvalue weighted by molar-refractivity contribution is 8.00. The summed E-state index contributed by atoms with van der Waals surface area (Å²) in [4.78, 5) is 2.70. The lowest BCUT2D eigenvalue weighted by Gasteiger charge is -2.50. The maximum atomic E-state index is 6.12. The molecule has 2 fully saturated rings. The summed E-state index contributed by atoms with van der Waals surface area (Å²) < 4.78 is 0. The Hall–Kier alpha value is 0.270. The molecule has 1 saturated heterocycles. The normalized spacial score (nSPS) is 35.3. The first-order valence-electron chi connectivity index (χ1n) is 7.15. The number of nitrogens with two attached hydrogens (primary N) is 1. The molecule has 3 atom stereocenters. The number of hydrogen-bond donors (Lipinski definition) is 1. The van der Waals surface area contributed by atoms with Crippen LogP contribution < -0.4 is 5.73 Å². The molecule has 2 aliphatic rings. The predicted octanol–water partition coefficient (Wildman–Crippen LogP) is 2.72. The lowest BCUT2D eigenvalue weighted by Crippen LogP contribution is -2.60. The fraction of sp³-hybridized carbons (Fsp3) is 1.00. The van der Waals surface area contributed by atoms with Crippen molar-refractivity contribution in [3.05, 3.63) is 0 Å². The van der Waals surface area contributed by atoms with Crippen molar-refractivity contribution in [3.63, 3.8) is 0 Å². The largest absolute Gasteiger partial charge is 0.329 e. The van der Waals surface area contributed by atoms with Crippen molar-refractivity contribution in [3.8, 4) is 0 Å². The van der Waals surface area contributed by atoms with E-state index < -0.39 is 0 Å². The van der Waals surface area contributed by atoms with Crippen LogP contribution in [0.3, 0.4) is 0 Å². The molecule has 1 aliphatic heterocycles. The summed E-state index contributed by atoms with van der Waals surface area (Å²) in [5, 5.41) is 0.746. The molecule has 0 spiro atoms. The van der Waals surface area contributed by atoms with Crippen LogP contribution in [0.15, 0.2) is 0 Å². The Labute approximate surface area is 111 Å². The molecule has 1 heterocycles. The highest BCUT2D eigenvalue weighted by Gasteiger charge is 2.40. The Balaban J connectivity index is 2.03. The molecule has 0 aromatic rings. The molecule has 3 heteroatoms. The third-order valence-electron chi connectivity index (χ3n) is 4.97. The van der Waals surface area contributed by atoms with Crippen LogP contribution in [0.5, 0.6) is 0 Å². The Bertz CT molecular complexity index is 255. The van der Waals surface area contributed by atoms with E-state index in [4.69, 9.17) is 5.73 Å². The van der Waals surface area contributed by atoms with E-state index in [1.807, 2.05) is 0 Å². The maximum absolute atomic E-state index is 6.12. The minimum Gasteiger partial charge on any atom is -0.329 e. The average Bonchev–Trinajstić information content (AvgIpc) is 2.27. The Morgan fingerprint density at radius 3 is 2.59 bits per heavy atom. The highest BCUT2D eigenvalue weighted by Crippen LogP contribution is 2.38. The third-order valence-corrected chi connectivity index (χ3v) is 6.31. The van der Waals surface area contributed by atoms with Crippen molar-refractivity contribution in [1.82, 2.24) is 4.90 Å². The van der Waals surface area contributed by atoms with Gasteiger partial charge in [-0.25, -0.2) is 0 Å². The van der Waals surface area contributed by atoms with Gasteiger partial charge in [0.1, 0.15) is 0 Å². The zero-order valence-electron chi connectivity index (χ0n) is 11.6. The summed E-state index contributed by atoms with van der Waals surface area (Å²) in [7, 11) is 0. The van der Waals surface area contributed by atoms with E-state index in [2.05, 4.69) is 37.4 Å². The van der Waals surface area contributed by atoms with Crippen molar-refractivity contribution in [2.24, 2.45) is 11.7 Å². The van der Waals surface area contributed by atoms with Crippen LogP contribution >= 0.6 is 11.8 Å². The summed E-state index contributed by atoms with van der Waals surface area (Å²) in [6.07, 6.45) is 5.61. The molecular weight excluding hydrogens is 228 g/mol. The first-order valence-corrected chi connectivity index (χ1v) is 8.20.